The fourth-order valence-electron chi connectivity index (χ4n) is 2.17. The molecule has 0 aromatic carbocycles. The lowest BCUT2D eigenvalue weighted by molar-refractivity contribution is -0.146. The first kappa shape index (κ1) is 15.1. The Kier molecular flexibility index (Phi) is 5.31. The average Bonchev–Trinajstić information content (AvgIpc) is 2.20. The number of hydrogen-bond donors (Lipinski definition) is 1. The van der Waals surface area contributed by atoms with Gasteiger partial charge >= 0.3 is 0 Å². The van der Waals surface area contributed by atoms with Gasteiger partial charge in [0.05, 0.1) is 6.54 Å². The van der Waals surface area contributed by atoms with Crippen LogP contribution in [0, 0.1) is 5.92 Å². The van der Waals surface area contributed by atoms with Crippen LogP contribution in [-0.4, -0.2) is 51.6 Å². The van der Waals surface area contributed by atoms with Gasteiger partial charge in [0.2, 0.25) is 11.8 Å². The van der Waals surface area contributed by atoms with Gasteiger partial charge in [-0.2, -0.15) is 0 Å². The average molecular weight is 274 g/mol. The Morgan fingerprint density at radius 1 is 1.39 bits per heavy atom. The minimum Gasteiger partial charge on any atom is -0.343 e. The molecule has 0 radical (unpaired) electrons. The maximum atomic E-state index is 12.2. The standard InChI is InChI=1S/C12H22N2O3S/c1-8(2)5-10-12(16)14(6-11(15)13-10)9(3)7-18(4)17/h8-10H,5-7H2,1-4H3,(H,13,15). The highest BCUT2D eigenvalue weighted by atomic mass is 32.2. The molecule has 0 aromatic rings. The normalized spacial score (nSPS) is 24.1. The fourth-order valence-corrected chi connectivity index (χ4v) is 3.03. The second-order valence-corrected chi connectivity index (χ2v) is 6.78. The highest BCUT2D eigenvalue weighted by Gasteiger charge is 2.35. The van der Waals surface area contributed by atoms with Crippen molar-refractivity contribution < 1.29 is 13.8 Å². The van der Waals surface area contributed by atoms with Crippen LogP contribution in [0.2, 0.25) is 0 Å². The topological polar surface area (TPSA) is 66.5 Å². The summed E-state index contributed by atoms with van der Waals surface area (Å²) in [5, 5.41) is 2.73. The number of hydrogen-bond acceptors (Lipinski definition) is 3. The molecule has 3 unspecified atom stereocenters. The summed E-state index contributed by atoms with van der Waals surface area (Å²) in [7, 11) is -0.971. The zero-order valence-corrected chi connectivity index (χ0v) is 12.3. The summed E-state index contributed by atoms with van der Waals surface area (Å²) < 4.78 is 11.2. The molecule has 2 amide bonds. The van der Waals surface area contributed by atoms with E-state index in [1.165, 1.54) is 0 Å². The van der Waals surface area contributed by atoms with E-state index in [2.05, 4.69) is 5.32 Å². The Morgan fingerprint density at radius 2 is 2.00 bits per heavy atom. The minimum absolute atomic E-state index is 0.0544. The largest absolute Gasteiger partial charge is 0.343 e. The van der Waals surface area contributed by atoms with Crippen molar-refractivity contribution in [1.29, 1.82) is 0 Å². The second kappa shape index (κ2) is 6.31. The third-order valence-electron chi connectivity index (χ3n) is 2.95. The van der Waals surface area contributed by atoms with Crippen molar-refractivity contribution in [2.75, 3.05) is 18.6 Å². The number of carbonyl (C=O) groups is 2. The quantitative estimate of drug-likeness (QED) is 0.775. The molecule has 0 saturated carbocycles. The molecule has 1 heterocycles. The number of nitrogens with one attached hydrogen (secondary N) is 1. The van der Waals surface area contributed by atoms with Crippen molar-refractivity contribution in [1.82, 2.24) is 10.2 Å². The molecule has 1 rings (SSSR count). The van der Waals surface area contributed by atoms with E-state index in [4.69, 9.17) is 0 Å². The van der Waals surface area contributed by atoms with Crippen LogP contribution >= 0.6 is 0 Å². The zero-order chi connectivity index (χ0) is 13.9. The zero-order valence-electron chi connectivity index (χ0n) is 11.4. The smallest absolute Gasteiger partial charge is 0.245 e. The van der Waals surface area contributed by atoms with Crippen LogP contribution in [0.3, 0.4) is 0 Å². The molecule has 1 aliphatic rings. The third-order valence-corrected chi connectivity index (χ3v) is 3.90. The molecule has 1 aliphatic heterocycles. The lowest BCUT2D eigenvalue weighted by Gasteiger charge is -2.36. The van der Waals surface area contributed by atoms with E-state index in [0.717, 1.165) is 0 Å². The van der Waals surface area contributed by atoms with Crippen LogP contribution in [0.1, 0.15) is 27.2 Å². The Morgan fingerprint density at radius 3 is 2.50 bits per heavy atom. The van der Waals surface area contributed by atoms with Gasteiger partial charge in [0.25, 0.3) is 0 Å². The summed E-state index contributed by atoms with van der Waals surface area (Å²) in [6.45, 7) is 5.95. The van der Waals surface area contributed by atoms with E-state index in [-0.39, 0.29) is 24.4 Å². The first-order chi connectivity index (χ1) is 8.31. The predicted molar refractivity (Wildman–Crippen MR) is 71.5 cm³/mol. The molecule has 18 heavy (non-hydrogen) atoms. The predicted octanol–water partition coefficient (Wildman–Crippen LogP) is 0.127. The highest BCUT2D eigenvalue weighted by molar-refractivity contribution is 7.84. The maximum Gasteiger partial charge on any atom is 0.245 e. The summed E-state index contributed by atoms with van der Waals surface area (Å²) in [6, 6.07) is -0.594. The first-order valence-electron chi connectivity index (χ1n) is 6.21. The monoisotopic (exact) mass is 274 g/mol. The number of piperazine rings is 1. The van der Waals surface area contributed by atoms with Crippen LogP contribution in [0.25, 0.3) is 0 Å². The van der Waals surface area contributed by atoms with E-state index < -0.39 is 16.8 Å². The minimum atomic E-state index is -0.971. The van der Waals surface area contributed by atoms with E-state index >= 15 is 0 Å². The van der Waals surface area contributed by atoms with Crippen molar-refractivity contribution in [2.45, 2.75) is 39.3 Å². The molecule has 1 fully saturated rings. The lowest BCUT2D eigenvalue weighted by atomic mass is 10.0. The van der Waals surface area contributed by atoms with Crippen LogP contribution in [-0.2, 0) is 20.4 Å². The maximum absolute atomic E-state index is 12.2. The molecule has 104 valence electrons. The highest BCUT2D eigenvalue weighted by Crippen LogP contribution is 2.14. The molecule has 0 bridgehead atoms. The molecule has 5 nitrogen and oxygen atoms in total. The van der Waals surface area contributed by atoms with Crippen LogP contribution < -0.4 is 5.32 Å². The van der Waals surface area contributed by atoms with Gasteiger partial charge in [0.15, 0.2) is 0 Å². The van der Waals surface area contributed by atoms with E-state index in [1.54, 1.807) is 11.2 Å². The Bertz CT molecular complexity index is 357. The Hall–Kier alpha value is -0.910. The van der Waals surface area contributed by atoms with Crippen LogP contribution in [0.15, 0.2) is 0 Å². The van der Waals surface area contributed by atoms with E-state index in [1.807, 2.05) is 20.8 Å². The number of rotatable bonds is 5. The first-order valence-corrected chi connectivity index (χ1v) is 7.93. The molecular formula is C12H22N2O3S. The van der Waals surface area contributed by atoms with Crippen molar-refractivity contribution in [3.8, 4) is 0 Å². The van der Waals surface area contributed by atoms with Gasteiger partial charge in [-0.3, -0.25) is 13.8 Å². The molecule has 1 saturated heterocycles. The summed E-state index contributed by atoms with van der Waals surface area (Å²) in [5.41, 5.74) is 0. The van der Waals surface area contributed by atoms with E-state index in [0.29, 0.717) is 18.1 Å². The Labute approximate surface area is 111 Å². The molecule has 0 aromatic heterocycles. The van der Waals surface area contributed by atoms with Gasteiger partial charge < -0.3 is 10.2 Å². The summed E-state index contributed by atoms with van der Waals surface area (Å²) in [4.78, 5) is 25.4. The van der Waals surface area contributed by atoms with Crippen molar-refractivity contribution in [3.63, 3.8) is 0 Å². The van der Waals surface area contributed by atoms with Gasteiger partial charge in [-0.05, 0) is 19.3 Å². The summed E-state index contributed by atoms with van der Waals surface area (Å²) >= 11 is 0. The molecule has 1 N–H and O–H groups in total. The number of nitrogens with zero attached hydrogens (tertiary/aromatic N) is 1. The van der Waals surface area contributed by atoms with Gasteiger partial charge in [-0.25, -0.2) is 0 Å². The van der Waals surface area contributed by atoms with Crippen molar-refractivity contribution in [3.05, 3.63) is 0 Å². The van der Waals surface area contributed by atoms with Crippen molar-refractivity contribution in [2.24, 2.45) is 5.92 Å². The van der Waals surface area contributed by atoms with Gasteiger partial charge in [-0.15, -0.1) is 0 Å². The third kappa shape index (κ3) is 4.08. The second-order valence-electron chi connectivity index (χ2n) is 5.30. The molecule has 0 spiro atoms. The van der Waals surface area contributed by atoms with Gasteiger partial charge in [0.1, 0.15) is 6.04 Å². The lowest BCUT2D eigenvalue weighted by Crippen LogP contribution is -2.61. The van der Waals surface area contributed by atoms with Gasteiger partial charge in [-0.1, -0.05) is 13.8 Å². The molecule has 3 atom stereocenters. The fraction of sp³-hybridized carbons (Fsp3) is 0.833. The van der Waals surface area contributed by atoms with Crippen molar-refractivity contribution >= 4 is 22.6 Å². The van der Waals surface area contributed by atoms with Crippen LogP contribution in [0.4, 0.5) is 0 Å². The Balaban J connectivity index is 2.75. The van der Waals surface area contributed by atoms with Crippen LogP contribution in [0.5, 0.6) is 0 Å². The number of amides is 2. The summed E-state index contributed by atoms with van der Waals surface area (Å²) in [6.07, 6.45) is 2.25. The van der Waals surface area contributed by atoms with E-state index in [9.17, 15) is 13.8 Å². The molecule has 0 aliphatic carbocycles. The molecule has 6 heteroatoms. The SMILES string of the molecule is CC(C)CC1NC(=O)CN(C(C)CS(C)=O)C1=O. The summed E-state index contributed by atoms with van der Waals surface area (Å²) in [5.74, 6) is 0.568. The molecular weight excluding hydrogens is 252 g/mol. The van der Waals surface area contributed by atoms with Gasteiger partial charge in [0, 0.05) is 28.9 Å². The number of carbonyl (C=O) groups excluding carboxylic acids is 2.